The van der Waals surface area contributed by atoms with Crippen molar-refractivity contribution in [1.82, 2.24) is 10.4 Å². The largest absolute Gasteiger partial charge is 0.507 e. The highest BCUT2D eigenvalue weighted by atomic mass is 16.3. The van der Waals surface area contributed by atoms with Crippen molar-refractivity contribution in [2.45, 2.75) is 26.2 Å². The van der Waals surface area contributed by atoms with Crippen LogP contribution in [0.1, 0.15) is 36.7 Å². The summed E-state index contributed by atoms with van der Waals surface area (Å²) < 4.78 is 0. The van der Waals surface area contributed by atoms with E-state index < -0.39 is 0 Å². The molecule has 1 rings (SSSR count). The molecule has 0 aliphatic heterocycles. The lowest BCUT2D eigenvalue weighted by molar-refractivity contribution is 0.0854. The molecule has 4 nitrogen and oxygen atoms in total. The first-order valence-corrected chi connectivity index (χ1v) is 5.53. The minimum absolute atomic E-state index is 0.0109. The van der Waals surface area contributed by atoms with Gasteiger partial charge in [0.05, 0.1) is 5.56 Å². The number of amides is 1. The smallest absolute Gasteiger partial charge is 0.269 e. The number of hydrogen-bond acceptors (Lipinski definition) is 3. The Bertz CT molecular complexity index is 420. The number of phenolic OH excluding ortho intramolecular Hbond substituents is 1. The van der Waals surface area contributed by atoms with E-state index >= 15 is 0 Å². The molecule has 1 aromatic carbocycles. The van der Waals surface area contributed by atoms with Gasteiger partial charge in [-0.15, -0.1) is 0 Å². The molecule has 4 heteroatoms. The van der Waals surface area contributed by atoms with Crippen LogP contribution in [0.5, 0.6) is 5.75 Å². The van der Waals surface area contributed by atoms with E-state index in [2.05, 4.69) is 26.2 Å². The van der Waals surface area contributed by atoms with Crippen molar-refractivity contribution < 1.29 is 9.90 Å². The summed E-state index contributed by atoms with van der Waals surface area (Å²) in [4.78, 5) is 11.7. The van der Waals surface area contributed by atoms with Crippen LogP contribution < -0.4 is 5.43 Å². The van der Waals surface area contributed by atoms with Crippen molar-refractivity contribution in [3.05, 3.63) is 29.3 Å². The average Bonchev–Trinajstić information content (AvgIpc) is 2.14. The predicted molar refractivity (Wildman–Crippen MR) is 68.0 cm³/mol. The number of rotatable bonds is 2. The van der Waals surface area contributed by atoms with E-state index in [1.54, 1.807) is 31.2 Å². The highest BCUT2D eigenvalue weighted by molar-refractivity contribution is 5.96. The van der Waals surface area contributed by atoms with E-state index in [0.29, 0.717) is 0 Å². The molecule has 1 amide bonds. The van der Waals surface area contributed by atoms with Crippen molar-refractivity contribution in [3.8, 4) is 5.75 Å². The molecule has 0 saturated heterocycles. The number of aromatic hydroxyl groups is 1. The van der Waals surface area contributed by atoms with E-state index in [4.69, 9.17) is 0 Å². The van der Waals surface area contributed by atoms with Crippen LogP contribution in [0.15, 0.2) is 18.2 Å². The fourth-order valence-corrected chi connectivity index (χ4v) is 1.45. The average molecular weight is 236 g/mol. The van der Waals surface area contributed by atoms with Crippen LogP contribution in [0.25, 0.3) is 0 Å². The van der Waals surface area contributed by atoms with Crippen LogP contribution in [0.2, 0.25) is 0 Å². The summed E-state index contributed by atoms with van der Waals surface area (Å²) in [5.74, 6) is -0.301. The second kappa shape index (κ2) is 4.75. The molecular formula is C13H20N2O2. The number of nitrogens with one attached hydrogen (secondary N) is 1. The van der Waals surface area contributed by atoms with Gasteiger partial charge in [0.1, 0.15) is 5.75 Å². The molecule has 0 aliphatic carbocycles. The van der Waals surface area contributed by atoms with Gasteiger partial charge in [0.2, 0.25) is 0 Å². The Morgan fingerprint density at radius 2 is 1.88 bits per heavy atom. The number of benzene rings is 1. The lowest BCUT2D eigenvalue weighted by atomic mass is 9.86. The minimum atomic E-state index is -0.312. The summed E-state index contributed by atoms with van der Waals surface area (Å²) in [5, 5.41) is 11.4. The van der Waals surface area contributed by atoms with Gasteiger partial charge in [-0.05, 0) is 23.1 Å². The van der Waals surface area contributed by atoms with Gasteiger partial charge in [-0.2, -0.15) is 0 Å². The molecule has 0 aromatic heterocycles. The topological polar surface area (TPSA) is 52.6 Å². The number of carbonyl (C=O) groups excluding carboxylic acids is 1. The van der Waals surface area contributed by atoms with Crippen LogP contribution in [0.3, 0.4) is 0 Å². The first-order chi connectivity index (χ1) is 7.71. The number of phenols is 1. The zero-order valence-electron chi connectivity index (χ0n) is 11.0. The molecule has 94 valence electrons. The first kappa shape index (κ1) is 13.5. The number of carbonyl (C=O) groups is 1. The van der Waals surface area contributed by atoms with Gasteiger partial charge >= 0.3 is 0 Å². The Kier molecular flexibility index (Phi) is 3.78. The van der Waals surface area contributed by atoms with Crippen LogP contribution >= 0.6 is 0 Å². The summed E-state index contributed by atoms with van der Waals surface area (Å²) in [6.07, 6.45) is 0. The van der Waals surface area contributed by atoms with Crippen molar-refractivity contribution in [2.75, 3.05) is 14.1 Å². The molecule has 17 heavy (non-hydrogen) atoms. The van der Waals surface area contributed by atoms with Gasteiger partial charge in [-0.3, -0.25) is 10.2 Å². The molecule has 0 fully saturated rings. The molecule has 0 aliphatic rings. The van der Waals surface area contributed by atoms with Crippen molar-refractivity contribution in [3.63, 3.8) is 0 Å². The predicted octanol–water partition coefficient (Wildman–Crippen LogP) is 1.90. The fourth-order valence-electron chi connectivity index (χ4n) is 1.45. The maximum absolute atomic E-state index is 11.7. The molecule has 0 spiro atoms. The zero-order valence-corrected chi connectivity index (χ0v) is 11.0. The molecule has 0 heterocycles. The Morgan fingerprint density at radius 1 is 1.29 bits per heavy atom. The van der Waals surface area contributed by atoms with Gasteiger partial charge in [0, 0.05) is 14.1 Å². The Balaban J connectivity index is 3.02. The Labute approximate surface area is 102 Å². The molecule has 0 radical (unpaired) electrons. The zero-order chi connectivity index (χ0) is 13.2. The fraction of sp³-hybridized carbons (Fsp3) is 0.462. The quantitative estimate of drug-likeness (QED) is 0.771. The van der Waals surface area contributed by atoms with Gasteiger partial charge in [-0.1, -0.05) is 26.8 Å². The summed E-state index contributed by atoms with van der Waals surface area (Å²) in [6.45, 7) is 6.17. The van der Waals surface area contributed by atoms with Crippen molar-refractivity contribution >= 4 is 5.91 Å². The maximum atomic E-state index is 11.7. The third-order valence-electron chi connectivity index (χ3n) is 2.43. The van der Waals surface area contributed by atoms with Gasteiger partial charge in [0.15, 0.2) is 0 Å². The molecular weight excluding hydrogens is 216 g/mol. The normalized spacial score (nSPS) is 11.6. The Morgan fingerprint density at radius 3 is 2.29 bits per heavy atom. The number of hydrogen-bond donors (Lipinski definition) is 2. The SMILES string of the molecule is CN(C)NC(=O)c1ccc(C(C)(C)C)cc1O. The first-order valence-electron chi connectivity index (χ1n) is 5.53. The van der Waals surface area contributed by atoms with Gasteiger partial charge in [-0.25, -0.2) is 5.01 Å². The third kappa shape index (κ3) is 3.46. The molecule has 0 atom stereocenters. The second-order valence-electron chi connectivity index (χ2n) is 5.32. The lowest BCUT2D eigenvalue weighted by Crippen LogP contribution is -2.36. The van der Waals surface area contributed by atoms with Gasteiger partial charge in [0.25, 0.3) is 5.91 Å². The van der Waals surface area contributed by atoms with E-state index in [0.717, 1.165) is 5.56 Å². The Hall–Kier alpha value is -1.55. The van der Waals surface area contributed by atoms with Crippen LogP contribution in [0, 0.1) is 0 Å². The monoisotopic (exact) mass is 236 g/mol. The molecule has 0 saturated carbocycles. The highest BCUT2D eigenvalue weighted by Gasteiger charge is 2.18. The minimum Gasteiger partial charge on any atom is -0.507 e. The van der Waals surface area contributed by atoms with Crippen molar-refractivity contribution in [2.24, 2.45) is 0 Å². The van der Waals surface area contributed by atoms with Crippen LogP contribution in [0.4, 0.5) is 0 Å². The standard InChI is InChI=1S/C13H20N2O2/c1-13(2,3)9-6-7-10(11(16)8-9)12(17)14-15(4)5/h6-8,16H,1-5H3,(H,14,17). The van der Waals surface area contributed by atoms with E-state index in [1.165, 1.54) is 0 Å². The molecule has 1 aromatic rings. The molecule has 0 bridgehead atoms. The summed E-state index contributed by atoms with van der Waals surface area (Å²) >= 11 is 0. The summed E-state index contributed by atoms with van der Waals surface area (Å²) in [7, 11) is 3.44. The lowest BCUT2D eigenvalue weighted by Gasteiger charge is -2.20. The molecule has 0 unspecified atom stereocenters. The summed E-state index contributed by atoms with van der Waals surface area (Å²) in [6, 6.07) is 5.16. The van der Waals surface area contributed by atoms with Crippen LogP contribution in [-0.2, 0) is 5.41 Å². The second-order valence-corrected chi connectivity index (χ2v) is 5.32. The van der Waals surface area contributed by atoms with E-state index in [-0.39, 0.29) is 22.6 Å². The van der Waals surface area contributed by atoms with Gasteiger partial charge < -0.3 is 5.11 Å². The number of hydrazine groups is 1. The van der Waals surface area contributed by atoms with Crippen molar-refractivity contribution in [1.29, 1.82) is 0 Å². The maximum Gasteiger partial charge on any atom is 0.269 e. The van der Waals surface area contributed by atoms with E-state index in [1.807, 2.05) is 6.07 Å². The number of nitrogens with zero attached hydrogens (tertiary/aromatic N) is 1. The van der Waals surface area contributed by atoms with E-state index in [9.17, 15) is 9.90 Å². The van der Waals surface area contributed by atoms with Crippen LogP contribution in [-0.4, -0.2) is 30.1 Å². The highest BCUT2D eigenvalue weighted by Crippen LogP contribution is 2.27. The summed E-state index contributed by atoms with van der Waals surface area (Å²) in [5.41, 5.74) is 3.83. The third-order valence-corrected chi connectivity index (χ3v) is 2.43. The molecule has 2 N–H and O–H groups in total.